The summed E-state index contributed by atoms with van der Waals surface area (Å²) >= 11 is 0. The summed E-state index contributed by atoms with van der Waals surface area (Å²) in [6.45, 7) is 6.53. The second-order valence-corrected chi connectivity index (χ2v) is 15.6. The standard InChI is InChI=1S/C42H45F3N6O4/c43-42(44,45)37-24-33(4-1-30(37)25-46)49-15-12-29(13-16-49)28-2-6-34(7-3-28)55-35-21-27(22-35)11-14-48-17-19-50(20-18-48)32-5-8-36-31(23-32)26-51(41(36)54)38-9-10-39(52)47-40(38)53/h1-8,23-24,27,29,35,38H,9-22,26H2,(H,47,52,53)/t27-,35-,38?. The predicted octanol–water partition coefficient (Wildman–Crippen LogP) is 6.09. The Kier molecular flexibility index (Phi) is 10.2. The number of carbonyl (C=O) groups excluding carboxylic acids is 3. The first-order valence-electron chi connectivity index (χ1n) is 19.4. The summed E-state index contributed by atoms with van der Waals surface area (Å²) in [5, 5.41) is 11.5. The molecule has 1 N–H and O–H groups in total. The number of piperidine rings is 2. The Morgan fingerprint density at radius 2 is 1.53 bits per heavy atom. The molecule has 4 aliphatic heterocycles. The van der Waals surface area contributed by atoms with E-state index < -0.39 is 23.7 Å². The molecule has 4 heterocycles. The second-order valence-electron chi connectivity index (χ2n) is 15.6. The van der Waals surface area contributed by atoms with Gasteiger partial charge in [0.15, 0.2) is 0 Å². The zero-order valence-corrected chi connectivity index (χ0v) is 30.7. The van der Waals surface area contributed by atoms with Gasteiger partial charge in [-0.2, -0.15) is 18.4 Å². The minimum Gasteiger partial charge on any atom is -0.490 e. The summed E-state index contributed by atoms with van der Waals surface area (Å²) < 4.78 is 46.7. The van der Waals surface area contributed by atoms with E-state index in [1.165, 1.54) is 11.6 Å². The van der Waals surface area contributed by atoms with Crippen molar-refractivity contribution in [3.05, 3.63) is 88.5 Å². The van der Waals surface area contributed by atoms with Crippen LogP contribution in [-0.4, -0.2) is 85.5 Å². The first-order valence-corrected chi connectivity index (χ1v) is 19.4. The molecule has 0 aromatic heterocycles. The zero-order chi connectivity index (χ0) is 38.3. The van der Waals surface area contributed by atoms with Crippen molar-refractivity contribution in [2.24, 2.45) is 5.92 Å². The number of fused-ring (bicyclic) bond motifs is 1. The fourth-order valence-electron chi connectivity index (χ4n) is 8.90. The number of nitrogens with one attached hydrogen (secondary N) is 1. The van der Waals surface area contributed by atoms with E-state index in [4.69, 9.17) is 10.00 Å². The number of nitriles is 1. The van der Waals surface area contributed by atoms with Crippen molar-refractivity contribution in [2.45, 2.75) is 75.7 Å². The molecule has 10 nitrogen and oxygen atoms in total. The molecule has 3 amide bonds. The summed E-state index contributed by atoms with van der Waals surface area (Å²) in [6.07, 6.45) is 1.19. The molecular weight excluding hydrogens is 709 g/mol. The van der Waals surface area contributed by atoms with Crippen LogP contribution in [0.2, 0.25) is 0 Å². The van der Waals surface area contributed by atoms with E-state index in [-0.39, 0.29) is 29.9 Å². The second kappa shape index (κ2) is 15.2. The Morgan fingerprint density at radius 3 is 2.22 bits per heavy atom. The number of rotatable bonds is 9. The molecule has 0 radical (unpaired) electrons. The van der Waals surface area contributed by atoms with Crippen molar-refractivity contribution < 1.29 is 32.3 Å². The highest BCUT2D eigenvalue weighted by Crippen LogP contribution is 2.38. The van der Waals surface area contributed by atoms with Crippen LogP contribution in [0.5, 0.6) is 5.75 Å². The highest BCUT2D eigenvalue weighted by atomic mass is 19.4. The summed E-state index contributed by atoms with van der Waals surface area (Å²) in [4.78, 5) is 45.5. The number of amides is 3. The maximum Gasteiger partial charge on any atom is 0.417 e. The lowest BCUT2D eigenvalue weighted by Crippen LogP contribution is -2.52. The molecule has 0 bridgehead atoms. The fraction of sp³-hybridized carbons (Fsp3) is 0.476. The summed E-state index contributed by atoms with van der Waals surface area (Å²) in [5.41, 5.74) is 3.16. The SMILES string of the molecule is N#Cc1ccc(N2CCC(c3ccc(O[C@H]4C[C@H](CCN5CCN(c6ccc7c(c6)CN(C6CCC(=O)NC6=O)C7=O)CC5)C4)cc3)CC2)cc1C(F)(F)F. The Balaban J connectivity index is 0.737. The van der Waals surface area contributed by atoms with E-state index in [0.717, 1.165) is 87.9 Å². The molecule has 288 valence electrons. The van der Waals surface area contributed by atoms with Crippen molar-refractivity contribution in [3.63, 3.8) is 0 Å². The Labute approximate surface area is 318 Å². The molecule has 3 aromatic carbocycles. The molecule has 1 saturated carbocycles. The van der Waals surface area contributed by atoms with Crippen LogP contribution < -0.4 is 19.9 Å². The molecule has 1 atom stereocenters. The normalized spacial score (nSPS) is 23.6. The predicted molar refractivity (Wildman–Crippen MR) is 200 cm³/mol. The average molecular weight is 755 g/mol. The van der Waals surface area contributed by atoms with Gasteiger partial charge in [-0.15, -0.1) is 0 Å². The van der Waals surface area contributed by atoms with Gasteiger partial charge in [0.1, 0.15) is 11.8 Å². The number of imide groups is 1. The molecule has 8 rings (SSSR count). The fourth-order valence-corrected chi connectivity index (χ4v) is 8.90. The minimum absolute atomic E-state index is 0.146. The van der Waals surface area contributed by atoms with E-state index in [9.17, 15) is 27.6 Å². The quantitative estimate of drug-likeness (QED) is 0.262. The third kappa shape index (κ3) is 7.87. The van der Waals surface area contributed by atoms with E-state index in [0.29, 0.717) is 49.1 Å². The van der Waals surface area contributed by atoms with E-state index in [1.54, 1.807) is 17.0 Å². The lowest BCUT2D eigenvalue weighted by atomic mass is 9.80. The van der Waals surface area contributed by atoms with Gasteiger partial charge < -0.3 is 19.4 Å². The average Bonchev–Trinajstić information content (AvgIpc) is 3.50. The van der Waals surface area contributed by atoms with Crippen LogP contribution in [-0.2, 0) is 22.3 Å². The number of carbonyl (C=O) groups is 3. The number of nitrogens with zero attached hydrogens (tertiary/aromatic N) is 5. The van der Waals surface area contributed by atoms with E-state index in [1.807, 2.05) is 29.2 Å². The van der Waals surface area contributed by atoms with Gasteiger partial charge in [-0.3, -0.25) is 24.6 Å². The topological polar surface area (TPSA) is 109 Å². The van der Waals surface area contributed by atoms with Crippen LogP contribution in [0, 0.1) is 17.2 Å². The molecule has 3 aromatic rings. The van der Waals surface area contributed by atoms with Crippen molar-refractivity contribution in [1.29, 1.82) is 5.26 Å². The zero-order valence-electron chi connectivity index (χ0n) is 30.7. The molecule has 1 aliphatic carbocycles. The molecule has 3 saturated heterocycles. The number of benzene rings is 3. The van der Waals surface area contributed by atoms with Gasteiger partial charge in [-0.05, 0) is 117 Å². The van der Waals surface area contributed by atoms with Crippen molar-refractivity contribution in [1.82, 2.24) is 15.1 Å². The number of anilines is 2. The molecule has 13 heteroatoms. The monoisotopic (exact) mass is 754 g/mol. The van der Waals surface area contributed by atoms with Crippen molar-refractivity contribution in [3.8, 4) is 11.8 Å². The number of piperazine rings is 1. The number of hydrogen-bond donors (Lipinski definition) is 1. The lowest BCUT2D eigenvalue weighted by molar-refractivity contribution is -0.138. The van der Waals surface area contributed by atoms with Gasteiger partial charge in [0.25, 0.3) is 5.91 Å². The van der Waals surface area contributed by atoms with E-state index in [2.05, 4.69) is 33.3 Å². The maximum absolute atomic E-state index is 13.5. The minimum atomic E-state index is -4.56. The number of halogens is 3. The number of alkyl halides is 3. The van der Waals surface area contributed by atoms with Crippen LogP contribution in [0.1, 0.15) is 83.5 Å². The number of hydrogen-bond acceptors (Lipinski definition) is 8. The molecule has 5 aliphatic rings. The smallest absolute Gasteiger partial charge is 0.417 e. The van der Waals surface area contributed by atoms with Gasteiger partial charge in [0.05, 0.1) is 23.3 Å². The van der Waals surface area contributed by atoms with Crippen LogP contribution in [0.15, 0.2) is 60.7 Å². The van der Waals surface area contributed by atoms with Crippen molar-refractivity contribution in [2.75, 3.05) is 55.6 Å². The molecule has 0 spiro atoms. The Morgan fingerprint density at radius 1 is 0.836 bits per heavy atom. The van der Waals surface area contributed by atoms with Crippen molar-refractivity contribution >= 4 is 29.1 Å². The molecule has 1 unspecified atom stereocenters. The first-order chi connectivity index (χ1) is 26.5. The molecule has 4 fully saturated rings. The van der Waals surface area contributed by atoms with Crippen LogP contribution >= 0.6 is 0 Å². The van der Waals surface area contributed by atoms with Gasteiger partial charge in [0, 0.05) is 69.2 Å². The van der Waals surface area contributed by atoms with Gasteiger partial charge in [-0.1, -0.05) is 12.1 Å². The Hall–Kier alpha value is -5.09. The first kappa shape index (κ1) is 36.9. The molecular formula is C42H45F3N6O4. The summed E-state index contributed by atoms with van der Waals surface area (Å²) in [5.74, 6) is 1.03. The maximum atomic E-state index is 13.5. The molecule has 55 heavy (non-hydrogen) atoms. The summed E-state index contributed by atoms with van der Waals surface area (Å²) in [7, 11) is 0. The van der Waals surface area contributed by atoms with Crippen LogP contribution in [0.3, 0.4) is 0 Å². The Bertz CT molecular complexity index is 1980. The lowest BCUT2D eigenvalue weighted by Gasteiger charge is -2.39. The largest absolute Gasteiger partial charge is 0.490 e. The van der Waals surface area contributed by atoms with Gasteiger partial charge >= 0.3 is 6.18 Å². The van der Waals surface area contributed by atoms with Crippen LogP contribution in [0.25, 0.3) is 0 Å². The third-order valence-electron chi connectivity index (χ3n) is 12.2. The highest BCUT2D eigenvalue weighted by Gasteiger charge is 2.40. The highest BCUT2D eigenvalue weighted by molar-refractivity contribution is 6.05. The van der Waals surface area contributed by atoms with Crippen LogP contribution in [0.4, 0.5) is 24.5 Å². The summed E-state index contributed by atoms with van der Waals surface area (Å²) in [6, 6.07) is 19.3. The van der Waals surface area contributed by atoms with E-state index >= 15 is 0 Å². The number of ether oxygens (including phenoxy) is 1. The van der Waals surface area contributed by atoms with Gasteiger partial charge in [0.2, 0.25) is 11.8 Å². The third-order valence-corrected chi connectivity index (χ3v) is 12.2. The van der Waals surface area contributed by atoms with Gasteiger partial charge in [-0.25, -0.2) is 0 Å².